The molecule has 0 aromatic carbocycles. The Balaban J connectivity index is 2.25. The molecule has 0 saturated carbocycles. The number of H-pyrrole nitrogens is 1. The van der Waals surface area contributed by atoms with Crippen molar-refractivity contribution in [1.82, 2.24) is 20.4 Å². The van der Waals surface area contributed by atoms with E-state index in [9.17, 15) is 5.26 Å². The molecule has 0 spiro atoms. The number of nitrogens with one attached hydrogen (secondary N) is 2. The standard InChI is InChI=1S/C11H17N5/c1-8-11(9(2)15-14-8)10(7-12)16-5-3-13-4-6-16/h10,13H,3-6H2,1-2H3,(H,14,15). The van der Waals surface area contributed by atoms with Crippen molar-refractivity contribution in [2.45, 2.75) is 19.9 Å². The normalized spacial score (nSPS) is 19.3. The van der Waals surface area contributed by atoms with Crippen LogP contribution in [0.4, 0.5) is 0 Å². The van der Waals surface area contributed by atoms with Crippen LogP contribution in [0.3, 0.4) is 0 Å². The number of rotatable bonds is 2. The average molecular weight is 219 g/mol. The van der Waals surface area contributed by atoms with Gasteiger partial charge in [-0.25, -0.2) is 0 Å². The highest BCUT2D eigenvalue weighted by Gasteiger charge is 2.25. The molecular weight excluding hydrogens is 202 g/mol. The van der Waals surface area contributed by atoms with E-state index in [0.717, 1.165) is 43.1 Å². The van der Waals surface area contributed by atoms with Crippen LogP contribution in [0.1, 0.15) is 23.0 Å². The molecule has 1 fully saturated rings. The molecule has 5 heteroatoms. The first-order valence-electron chi connectivity index (χ1n) is 5.60. The lowest BCUT2D eigenvalue weighted by Crippen LogP contribution is -2.45. The zero-order valence-corrected chi connectivity index (χ0v) is 9.75. The number of nitriles is 1. The summed E-state index contributed by atoms with van der Waals surface area (Å²) < 4.78 is 0. The van der Waals surface area contributed by atoms with Crippen LogP contribution < -0.4 is 5.32 Å². The van der Waals surface area contributed by atoms with E-state index in [1.807, 2.05) is 13.8 Å². The molecule has 2 N–H and O–H groups in total. The third-order valence-corrected chi connectivity index (χ3v) is 3.10. The van der Waals surface area contributed by atoms with E-state index in [-0.39, 0.29) is 6.04 Å². The molecule has 86 valence electrons. The molecule has 1 aromatic heterocycles. The molecule has 0 aliphatic carbocycles. The van der Waals surface area contributed by atoms with Crippen molar-refractivity contribution in [3.05, 3.63) is 17.0 Å². The Morgan fingerprint density at radius 3 is 2.56 bits per heavy atom. The molecule has 2 rings (SSSR count). The molecule has 1 saturated heterocycles. The molecular formula is C11H17N5. The Hall–Kier alpha value is -1.38. The monoisotopic (exact) mass is 219 g/mol. The van der Waals surface area contributed by atoms with Crippen LogP contribution in [0.2, 0.25) is 0 Å². The average Bonchev–Trinajstić information content (AvgIpc) is 2.63. The first-order valence-corrected chi connectivity index (χ1v) is 5.60. The van der Waals surface area contributed by atoms with Gasteiger partial charge in [0, 0.05) is 37.4 Å². The van der Waals surface area contributed by atoms with Gasteiger partial charge in [-0.1, -0.05) is 0 Å². The molecule has 1 atom stereocenters. The van der Waals surface area contributed by atoms with Crippen molar-refractivity contribution in [2.24, 2.45) is 0 Å². The molecule has 0 amide bonds. The topological polar surface area (TPSA) is 67.7 Å². The van der Waals surface area contributed by atoms with Gasteiger partial charge in [0.1, 0.15) is 6.04 Å². The zero-order valence-electron chi connectivity index (χ0n) is 9.75. The van der Waals surface area contributed by atoms with E-state index >= 15 is 0 Å². The van der Waals surface area contributed by atoms with Crippen molar-refractivity contribution in [3.63, 3.8) is 0 Å². The molecule has 0 bridgehead atoms. The summed E-state index contributed by atoms with van der Waals surface area (Å²) in [5, 5.41) is 19.7. The number of hydrogen-bond donors (Lipinski definition) is 2. The maximum absolute atomic E-state index is 9.35. The van der Waals surface area contributed by atoms with Gasteiger partial charge in [-0.2, -0.15) is 10.4 Å². The fraction of sp³-hybridized carbons (Fsp3) is 0.636. The third kappa shape index (κ3) is 1.94. The largest absolute Gasteiger partial charge is 0.314 e. The van der Waals surface area contributed by atoms with Crippen LogP contribution in [0.15, 0.2) is 0 Å². The minimum absolute atomic E-state index is 0.166. The predicted molar refractivity (Wildman–Crippen MR) is 60.9 cm³/mol. The fourth-order valence-corrected chi connectivity index (χ4v) is 2.23. The number of aromatic amines is 1. The second-order valence-corrected chi connectivity index (χ2v) is 4.17. The van der Waals surface area contributed by atoms with Crippen molar-refractivity contribution in [3.8, 4) is 6.07 Å². The number of aromatic nitrogens is 2. The molecule has 5 nitrogen and oxygen atoms in total. The van der Waals surface area contributed by atoms with Gasteiger partial charge in [0.05, 0.1) is 11.8 Å². The third-order valence-electron chi connectivity index (χ3n) is 3.10. The number of aryl methyl sites for hydroxylation is 2. The fourth-order valence-electron chi connectivity index (χ4n) is 2.23. The first kappa shape index (κ1) is 11.1. The van der Waals surface area contributed by atoms with Gasteiger partial charge in [-0.3, -0.25) is 10.00 Å². The SMILES string of the molecule is Cc1n[nH]c(C)c1C(C#N)N1CCNCC1. The summed E-state index contributed by atoms with van der Waals surface area (Å²) in [6, 6.07) is 2.23. The number of hydrogen-bond acceptors (Lipinski definition) is 4. The predicted octanol–water partition coefficient (Wildman–Crippen LogP) is 0.496. The summed E-state index contributed by atoms with van der Waals surface area (Å²) >= 11 is 0. The van der Waals surface area contributed by atoms with E-state index in [1.54, 1.807) is 0 Å². The van der Waals surface area contributed by atoms with E-state index in [1.165, 1.54) is 0 Å². The molecule has 1 aliphatic rings. The lowest BCUT2D eigenvalue weighted by atomic mass is 10.0. The van der Waals surface area contributed by atoms with Gasteiger partial charge >= 0.3 is 0 Å². The van der Waals surface area contributed by atoms with Crippen molar-refractivity contribution in [2.75, 3.05) is 26.2 Å². The first-order chi connectivity index (χ1) is 7.74. The highest BCUT2D eigenvalue weighted by molar-refractivity contribution is 5.31. The molecule has 1 aliphatic heterocycles. The minimum Gasteiger partial charge on any atom is -0.314 e. The second-order valence-electron chi connectivity index (χ2n) is 4.17. The van der Waals surface area contributed by atoms with Crippen molar-refractivity contribution in [1.29, 1.82) is 5.26 Å². The van der Waals surface area contributed by atoms with E-state index in [2.05, 4.69) is 26.5 Å². The van der Waals surface area contributed by atoms with Gasteiger partial charge in [0.25, 0.3) is 0 Å². The van der Waals surface area contributed by atoms with Gasteiger partial charge in [0.2, 0.25) is 0 Å². The smallest absolute Gasteiger partial charge is 0.127 e. The van der Waals surface area contributed by atoms with Crippen LogP contribution in [0, 0.1) is 25.2 Å². The van der Waals surface area contributed by atoms with Gasteiger partial charge in [0.15, 0.2) is 0 Å². The van der Waals surface area contributed by atoms with Gasteiger partial charge < -0.3 is 5.32 Å². The van der Waals surface area contributed by atoms with Gasteiger partial charge in [-0.15, -0.1) is 0 Å². The summed E-state index contributed by atoms with van der Waals surface area (Å²) in [4.78, 5) is 2.21. The van der Waals surface area contributed by atoms with Gasteiger partial charge in [-0.05, 0) is 13.8 Å². The number of nitrogens with zero attached hydrogens (tertiary/aromatic N) is 3. The van der Waals surface area contributed by atoms with Crippen LogP contribution in [-0.4, -0.2) is 41.3 Å². The highest BCUT2D eigenvalue weighted by Crippen LogP contribution is 2.24. The van der Waals surface area contributed by atoms with Crippen LogP contribution in [0.25, 0.3) is 0 Å². The summed E-state index contributed by atoms with van der Waals surface area (Å²) in [6.07, 6.45) is 0. The minimum atomic E-state index is -0.166. The quantitative estimate of drug-likeness (QED) is 0.760. The lowest BCUT2D eigenvalue weighted by Gasteiger charge is -2.31. The van der Waals surface area contributed by atoms with E-state index < -0.39 is 0 Å². The Morgan fingerprint density at radius 2 is 2.06 bits per heavy atom. The Morgan fingerprint density at radius 1 is 1.38 bits per heavy atom. The second kappa shape index (κ2) is 4.64. The lowest BCUT2D eigenvalue weighted by molar-refractivity contribution is 0.207. The summed E-state index contributed by atoms with van der Waals surface area (Å²) in [6.45, 7) is 7.67. The molecule has 16 heavy (non-hydrogen) atoms. The highest BCUT2D eigenvalue weighted by atomic mass is 15.2. The van der Waals surface area contributed by atoms with E-state index in [4.69, 9.17) is 0 Å². The summed E-state index contributed by atoms with van der Waals surface area (Å²) in [5.74, 6) is 0. The van der Waals surface area contributed by atoms with Crippen LogP contribution >= 0.6 is 0 Å². The van der Waals surface area contributed by atoms with Crippen molar-refractivity contribution < 1.29 is 0 Å². The van der Waals surface area contributed by atoms with E-state index in [0.29, 0.717) is 0 Å². The Labute approximate surface area is 95.4 Å². The molecule has 1 aromatic rings. The molecule has 1 unspecified atom stereocenters. The molecule has 0 radical (unpaired) electrons. The van der Waals surface area contributed by atoms with Crippen molar-refractivity contribution >= 4 is 0 Å². The Bertz CT molecular complexity index is 377. The molecule has 2 heterocycles. The Kier molecular flexibility index (Phi) is 3.22. The summed E-state index contributed by atoms with van der Waals surface area (Å²) in [7, 11) is 0. The maximum Gasteiger partial charge on any atom is 0.127 e. The van der Waals surface area contributed by atoms with Crippen LogP contribution in [0.5, 0.6) is 0 Å². The zero-order chi connectivity index (χ0) is 11.5. The van der Waals surface area contributed by atoms with Crippen LogP contribution in [-0.2, 0) is 0 Å². The number of piperazine rings is 1. The summed E-state index contributed by atoms with van der Waals surface area (Å²) in [5.41, 5.74) is 2.98. The maximum atomic E-state index is 9.35.